The largest absolute Gasteiger partial charge is 0.491 e. The van der Waals surface area contributed by atoms with Crippen LogP contribution in [0.2, 0.25) is 0 Å². The van der Waals surface area contributed by atoms with Crippen LogP contribution in [0.1, 0.15) is 37.7 Å². The third kappa shape index (κ3) is 4.84. The lowest BCUT2D eigenvalue weighted by molar-refractivity contribution is 0.0129. The van der Waals surface area contributed by atoms with Gasteiger partial charge in [-0.15, -0.1) is 0 Å². The van der Waals surface area contributed by atoms with Crippen LogP contribution in [0.3, 0.4) is 0 Å². The molecule has 2 aromatic carbocycles. The van der Waals surface area contributed by atoms with Crippen LogP contribution < -0.4 is 4.74 Å². The molecule has 23 heavy (non-hydrogen) atoms. The van der Waals surface area contributed by atoms with Gasteiger partial charge in [0.25, 0.3) is 0 Å². The van der Waals surface area contributed by atoms with E-state index in [-0.39, 0.29) is 0 Å². The van der Waals surface area contributed by atoms with Crippen LogP contribution in [0.5, 0.6) is 5.75 Å². The molecule has 1 saturated carbocycles. The first-order valence-electron chi connectivity index (χ1n) is 8.58. The third-order valence-corrected chi connectivity index (χ3v) is 4.40. The van der Waals surface area contributed by atoms with Crippen molar-refractivity contribution in [3.05, 3.63) is 61.0 Å². The van der Waals surface area contributed by atoms with Crippen LogP contribution >= 0.6 is 0 Å². The van der Waals surface area contributed by atoms with Gasteiger partial charge in [-0.3, -0.25) is 0 Å². The van der Waals surface area contributed by atoms with E-state index in [0.29, 0.717) is 19.3 Å². The highest BCUT2D eigenvalue weighted by Crippen LogP contribution is 2.23. The smallest absolute Gasteiger partial charge is 0.119 e. The topological polar surface area (TPSA) is 18.5 Å². The molecule has 0 atom stereocenters. The monoisotopic (exact) mass is 309 g/mol. The first kappa shape index (κ1) is 16.1. The Morgan fingerprint density at radius 3 is 2.04 bits per heavy atom. The quantitative estimate of drug-likeness (QED) is 0.677. The molecule has 0 aliphatic heterocycles. The van der Waals surface area contributed by atoms with Crippen molar-refractivity contribution in [2.24, 2.45) is 0 Å². The highest BCUT2D eigenvalue weighted by molar-refractivity contribution is 5.64. The molecule has 1 fully saturated rings. The summed E-state index contributed by atoms with van der Waals surface area (Å²) in [7, 11) is 0. The van der Waals surface area contributed by atoms with Crippen molar-refractivity contribution in [3.63, 3.8) is 0 Å². The highest BCUT2D eigenvalue weighted by atomic mass is 16.5. The molecule has 3 rings (SSSR count). The van der Waals surface area contributed by atoms with Gasteiger partial charge in [-0.1, -0.05) is 55.7 Å². The van der Waals surface area contributed by atoms with Gasteiger partial charge < -0.3 is 9.47 Å². The summed E-state index contributed by atoms with van der Waals surface area (Å²) in [4.78, 5) is 0. The molecule has 0 unspecified atom stereocenters. The van der Waals surface area contributed by atoms with E-state index in [4.69, 9.17) is 9.47 Å². The van der Waals surface area contributed by atoms with Crippen molar-refractivity contribution in [2.75, 3.05) is 13.2 Å². The Hall–Kier alpha value is -1.80. The number of hydrogen-bond acceptors (Lipinski definition) is 2. The number of hydrogen-bond donors (Lipinski definition) is 0. The Morgan fingerprint density at radius 2 is 1.39 bits per heavy atom. The second-order valence-electron chi connectivity index (χ2n) is 6.20. The Morgan fingerprint density at radius 1 is 0.783 bits per heavy atom. The molecule has 0 bridgehead atoms. The molecule has 121 valence electrons. The van der Waals surface area contributed by atoms with Crippen LogP contribution in [0, 0.1) is 6.92 Å². The number of benzene rings is 2. The SMILES string of the molecule is [CH2]c1ccc(-c2ccc(OCCOC3CCCCC3)cc2)cc1. The van der Waals surface area contributed by atoms with Crippen LogP contribution in [0.25, 0.3) is 11.1 Å². The minimum Gasteiger partial charge on any atom is -0.491 e. The van der Waals surface area contributed by atoms with Gasteiger partial charge in [0.1, 0.15) is 12.4 Å². The van der Waals surface area contributed by atoms with Crippen molar-refractivity contribution in [3.8, 4) is 16.9 Å². The summed E-state index contributed by atoms with van der Waals surface area (Å²) in [5.74, 6) is 0.898. The maximum Gasteiger partial charge on any atom is 0.119 e. The van der Waals surface area contributed by atoms with Gasteiger partial charge in [-0.2, -0.15) is 0 Å². The van der Waals surface area contributed by atoms with Crippen LogP contribution in [-0.2, 0) is 4.74 Å². The van der Waals surface area contributed by atoms with E-state index in [1.807, 2.05) is 24.3 Å². The molecule has 0 spiro atoms. The van der Waals surface area contributed by atoms with Gasteiger partial charge in [0, 0.05) is 0 Å². The number of ether oxygens (including phenoxy) is 2. The molecule has 0 N–H and O–H groups in total. The predicted molar refractivity (Wildman–Crippen MR) is 94.7 cm³/mol. The molecule has 0 amide bonds. The average Bonchev–Trinajstić information content (AvgIpc) is 2.61. The lowest BCUT2D eigenvalue weighted by Gasteiger charge is -2.21. The lowest BCUT2D eigenvalue weighted by atomic mass is 9.98. The zero-order valence-electron chi connectivity index (χ0n) is 13.7. The molecular formula is C21H25O2. The molecular weight excluding hydrogens is 284 g/mol. The highest BCUT2D eigenvalue weighted by Gasteiger charge is 2.13. The third-order valence-electron chi connectivity index (χ3n) is 4.40. The second kappa shape index (κ2) is 8.16. The van der Waals surface area contributed by atoms with Crippen molar-refractivity contribution < 1.29 is 9.47 Å². The van der Waals surface area contributed by atoms with Crippen molar-refractivity contribution in [1.82, 2.24) is 0 Å². The fraction of sp³-hybridized carbons (Fsp3) is 0.381. The summed E-state index contributed by atoms with van der Waals surface area (Å²) in [5.41, 5.74) is 3.42. The Kier molecular flexibility index (Phi) is 5.71. The Balaban J connectivity index is 1.45. The maximum absolute atomic E-state index is 5.88. The van der Waals surface area contributed by atoms with Gasteiger partial charge in [0.05, 0.1) is 12.7 Å². The van der Waals surface area contributed by atoms with Crippen LogP contribution in [0.4, 0.5) is 0 Å². The molecule has 1 aliphatic rings. The Labute approximate surface area is 139 Å². The lowest BCUT2D eigenvalue weighted by Crippen LogP contribution is -2.19. The summed E-state index contributed by atoms with van der Waals surface area (Å²) < 4.78 is 11.7. The van der Waals surface area contributed by atoms with E-state index in [9.17, 15) is 0 Å². The van der Waals surface area contributed by atoms with Crippen LogP contribution in [-0.4, -0.2) is 19.3 Å². The summed E-state index contributed by atoms with van der Waals surface area (Å²) in [6, 6.07) is 16.5. The fourth-order valence-corrected chi connectivity index (χ4v) is 3.05. The average molecular weight is 309 g/mol. The summed E-state index contributed by atoms with van der Waals surface area (Å²) in [6.07, 6.45) is 6.84. The van der Waals surface area contributed by atoms with E-state index in [2.05, 4.69) is 31.2 Å². The molecule has 0 saturated heterocycles. The first-order chi connectivity index (χ1) is 11.3. The van der Waals surface area contributed by atoms with Gasteiger partial charge in [-0.05, 0) is 48.6 Å². The minimum atomic E-state index is 0.450. The molecule has 2 nitrogen and oxygen atoms in total. The zero-order valence-corrected chi connectivity index (χ0v) is 13.7. The van der Waals surface area contributed by atoms with Crippen molar-refractivity contribution >= 4 is 0 Å². The molecule has 0 aromatic heterocycles. The van der Waals surface area contributed by atoms with E-state index in [0.717, 1.165) is 11.3 Å². The van der Waals surface area contributed by atoms with E-state index in [1.54, 1.807) is 0 Å². The molecule has 2 heteroatoms. The molecule has 1 radical (unpaired) electrons. The Bertz CT molecular complexity index is 580. The van der Waals surface area contributed by atoms with E-state index in [1.165, 1.54) is 43.2 Å². The van der Waals surface area contributed by atoms with Crippen molar-refractivity contribution in [1.29, 1.82) is 0 Å². The number of rotatable bonds is 6. The molecule has 1 aliphatic carbocycles. The van der Waals surface area contributed by atoms with Crippen LogP contribution in [0.15, 0.2) is 48.5 Å². The minimum absolute atomic E-state index is 0.450. The first-order valence-corrected chi connectivity index (χ1v) is 8.58. The van der Waals surface area contributed by atoms with Gasteiger partial charge >= 0.3 is 0 Å². The fourth-order valence-electron chi connectivity index (χ4n) is 3.05. The second-order valence-corrected chi connectivity index (χ2v) is 6.20. The van der Waals surface area contributed by atoms with Gasteiger partial charge in [-0.25, -0.2) is 0 Å². The van der Waals surface area contributed by atoms with Gasteiger partial charge in [0.15, 0.2) is 0 Å². The maximum atomic E-state index is 5.88. The van der Waals surface area contributed by atoms with Crippen molar-refractivity contribution in [2.45, 2.75) is 38.2 Å². The zero-order chi connectivity index (χ0) is 15.9. The van der Waals surface area contributed by atoms with E-state index < -0.39 is 0 Å². The summed E-state index contributed by atoms with van der Waals surface area (Å²) >= 11 is 0. The normalized spacial score (nSPS) is 15.5. The summed E-state index contributed by atoms with van der Waals surface area (Å²) in [6.45, 7) is 5.21. The van der Waals surface area contributed by atoms with Gasteiger partial charge in [0.2, 0.25) is 0 Å². The predicted octanol–water partition coefficient (Wildman–Crippen LogP) is 5.26. The molecule has 0 heterocycles. The van der Waals surface area contributed by atoms with E-state index >= 15 is 0 Å². The standard InChI is InChI=1S/C21H25O2/c1-17-7-9-18(10-8-17)19-11-13-21(14-12-19)23-16-15-22-20-5-3-2-4-6-20/h7-14,20H,1-6,15-16H2. The molecule has 2 aromatic rings. The summed E-state index contributed by atoms with van der Waals surface area (Å²) in [5, 5.41) is 0.